The number of aromatic amines is 1. The van der Waals surface area contributed by atoms with Crippen LogP contribution in [0.3, 0.4) is 0 Å². The summed E-state index contributed by atoms with van der Waals surface area (Å²) in [5.74, 6) is -3.41. The van der Waals surface area contributed by atoms with E-state index in [1.807, 2.05) is 12.1 Å². The Hall–Kier alpha value is -5.73. The van der Waals surface area contributed by atoms with Gasteiger partial charge in [-0.3, -0.25) is 23.9 Å². The van der Waals surface area contributed by atoms with Crippen molar-refractivity contribution in [3.63, 3.8) is 0 Å². The molecule has 0 fully saturated rings. The third-order valence-electron chi connectivity index (χ3n) is 6.91. The molecule has 0 bridgehead atoms. The maximum Gasteiger partial charge on any atom is 0.439 e. The van der Waals surface area contributed by atoms with Gasteiger partial charge in [0, 0.05) is 18.2 Å². The monoisotopic (exact) mass is 571 g/mol. The fourth-order valence-electron chi connectivity index (χ4n) is 4.84. The highest BCUT2D eigenvalue weighted by atomic mass is 19.1. The maximum absolute atomic E-state index is 13.6. The molecule has 1 atom stereocenters. The number of hydrogen-bond donors (Lipinski definition) is 4. The van der Waals surface area contributed by atoms with Gasteiger partial charge in [-0.2, -0.15) is 9.50 Å². The Balaban J connectivity index is 1.26. The molecule has 15 heteroatoms. The molecule has 6 rings (SSSR count). The number of hydrogen-bond acceptors (Lipinski definition) is 9. The second-order valence-corrected chi connectivity index (χ2v) is 9.73. The second-order valence-electron chi connectivity index (χ2n) is 9.73. The third-order valence-corrected chi connectivity index (χ3v) is 6.91. The summed E-state index contributed by atoms with van der Waals surface area (Å²) in [6.07, 6.45) is 1.26. The molecule has 1 aliphatic rings. The molecule has 2 aromatic carbocycles. The number of aryl methyl sites for hydroxylation is 2. The Labute approximate surface area is 235 Å². The van der Waals surface area contributed by atoms with Crippen LogP contribution in [0.5, 0.6) is 0 Å². The number of halogens is 1. The Morgan fingerprint density at radius 2 is 1.98 bits per heavy atom. The largest absolute Gasteiger partial charge is 0.439 e. The maximum atomic E-state index is 13.6. The van der Waals surface area contributed by atoms with Gasteiger partial charge in [-0.05, 0) is 54.2 Å². The zero-order chi connectivity index (χ0) is 29.5. The smallest absolute Gasteiger partial charge is 0.363 e. The van der Waals surface area contributed by atoms with Gasteiger partial charge in [-0.1, -0.05) is 29.4 Å². The summed E-state index contributed by atoms with van der Waals surface area (Å²) in [7, 11) is 0. The first-order valence-corrected chi connectivity index (χ1v) is 12.8. The van der Waals surface area contributed by atoms with Gasteiger partial charge in [-0.25, -0.2) is 14.2 Å². The van der Waals surface area contributed by atoms with E-state index in [0.717, 1.165) is 15.6 Å². The molecule has 5 aromatic rings. The molecule has 3 aromatic heterocycles. The van der Waals surface area contributed by atoms with Gasteiger partial charge < -0.3 is 16.4 Å². The molecule has 0 saturated carbocycles. The van der Waals surface area contributed by atoms with Gasteiger partial charge in [0.25, 0.3) is 23.5 Å². The molecule has 212 valence electrons. The van der Waals surface area contributed by atoms with Crippen LogP contribution in [0.25, 0.3) is 17.2 Å². The van der Waals surface area contributed by atoms with Gasteiger partial charge in [-0.15, -0.1) is 5.10 Å². The van der Waals surface area contributed by atoms with Gasteiger partial charge in [0.1, 0.15) is 17.2 Å². The van der Waals surface area contributed by atoms with Crippen LogP contribution >= 0.6 is 0 Å². The Morgan fingerprint density at radius 1 is 1.14 bits per heavy atom. The number of nitrogens with one attached hydrogen (secondary N) is 3. The van der Waals surface area contributed by atoms with Crippen molar-refractivity contribution in [2.75, 3.05) is 0 Å². The number of rotatable bonds is 7. The number of carbonyl (C=O) groups is 3. The van der Waals surface area contributed by atoms with Crippen LogP contribution in [0.15, 0.2) is 51.8 Å². The van der Waals surface area contributed by atoms with Crippen LogP contribution in [-0.2, 0) is 13.0 Å². The molecule has 5 N–H and O–H groups in total. The minimum atomic E-state index is -0.934. The molecule has 42 heavy (non-hydrogen) atoms. The van der Waals surface area contributed by atoms with Crippen molar-refractivity contribution < 1.29 is 23.3 Å². The molecule has 0 unspecified atom stereocenters. The van der Waals surface area contributed by atoms with E-state index in [2.05, 4.69) is 40.4 Å². The molecule has 3 heterocycles. The van der Waals surface area contributed by atoms with Crippen LogP contribution < -0.4 is 22.1 Å². The molecular formula is C27H22FN9O5. The van der Waals surface area contributed by atoms with Crippen molar-refractivity contribution in [2.45, 2.75) is 32.4 Å². The lowest BCUT2D eigenvalue weighted by molar-refractivity contribution is 0.0930. The van der Waals surface area contributed by atoms with Crippen LogP contribution in [0.4, 0.5) is 4.39 Å². The summed E-state index contributed by atoms with van der Waals surface area (Å²) in [6.45, 7) is 1.67. The SMILES string of the molecule is Cc1cc(CNC(=O)c2cc(C(=O)N[C@H]3CCc4cc(-c5noc(=O)[nH]5)ccc43)nc3nc(C(N)=O)nn23)ccc1F. The van der Waals surface area contributed by atoms with E-state index in [1.165, 1.54) is 18.2 Å². The van der Waals surface area contributed by atoms with Gasteiger partial charge in [0.15, 0.2) is 5.82 Å². The molecule has 0 radical (unpaired) electrons. The topological polar surface area (TPSA) is 203 Å². The molecule has 3 amide bonds. The number of aromatic nitrogens is 6. The predicted molar refractivity (Wildman–Crippen MR) is 143 cm³/mol. The fraction of sp³-hybridized carbons (Fsp3) is 0.185. The van der Waals surface area contributed by atoms with E-state index in [9.17, 15) is 23.6 Å². The molecule has 1 aliphatic carbocycles. The van der Waals surface area contributed by atoms with Crippen molar-refractivity contribution in [3.8, 4) is 11.4 Å². The number of amides is 3. The van der Waals surface area contributed by atoms with E-state index >= 15 is 0 Å². The number of fused-ring (bicyclic) bond motifs is 2. The first-order valence-electron chi connectivity index (χ1n) is 12.8. The lowest BCUT2D eigenvalue weighted by atomic mass is 10.0. The van der Waals surface area contributed by atoms with Crippen LogP contribution in [0, 0.1) is 12.7 Å². The van der Waals surface area contributed by atoms with E-state index in [0.29, 0.717) is 35.4 Å². The number of carbonyl (C=O) groups excluding carboxylic acids is 3. The summed E-state index contributed by atoms with van der Waals surface area (Å²) in [5, 5.41) is 13.3. The number of H-pyrrole nitrogens is 1. The minimum absolute atomic E-state index is 0.0613. The van der Waals surface area contributed by atoms with Crippen LogP contribution in [0.2, 0.25) is 0 Å². The zero-order valence-corrected chi connectivity index (χ0v) is 22.0. The van der Waals surface area contributed by atoms with Crippen LogP contribution in [-0.4, -0.2) is 47.4 Å². The summed E-state index contributed by atoms with van der Waals surface area (Å²) in [4.78, 5) is 60.3. The number of benzene rings is 2. The molecule has 0 saturated heterocycles. The highest BCUT2D eigenvalue weighted by Gasteiger charge is 2.27. The summed E-state index contributed by atoms with van der Waals surface area (Å²) < 4.78 is 19.2. The van der Waals surface area contributed by atoms with E-state index in [4.69, 9.17) is 5.73 Å². The summed E-state index contributed by atoms with van der Waals surface area (Å²) in [6, 6.07) is 10.8. The minimum Gasteiger partial charge on any atom is -0.363 e. The fourth-order valence-corrected chi connectivity index (χ4v) is 4.84. The van der Waals surface area contributed by atoms with Crippen molar-refractivity contribution >= 4 is 23.5 Å². The first-order chi connectivity index (χ1) is 20.2. The van der Waals surface area contributed by atoms with E-state index in [1.54, 1.807) is 19.1 Å². The standard InChI is InChI=1S/C27H22FN9O5/c1-12-8-13(2-6-17(12)28)11-30-25(40)20-10-19(32-26-33-23(21(29)38)35-37(20)26)24(39)31-18-7-4-14-9-15(3-5-16(14)18)22-34-27(41)42-36-22/h2-3,5-6,8-10,18H,4,7,11H2,1H3,(H2,29,38)(H,30,40)(H,31,39)(H,34,36,41)/t18-/m0/s1. The van der Waals surface area contributed by atoms with E-state index in [-0.39, 0.29) is 41.4 Å². The average Bonchev–Trinajstić information content (AvgIpc) is 3.71. The Morgan fingerprint density at radius 3 is 2.71 bits per heavy atom. The van der Waals surface area contributed by atoms with E-state index < -0.39 is 23.5 Å². The number of nitrogens with two attached hydrogens (primary N) is 1. The highest BCUT2D eigenvalue weighted by Crippen LogP contribution is 2.33. The number of nitrogens with zero attached hydrogens (tertiary/aromatic N) is 5. The van der Waals surface area contributed by atoms with Crippen molar-refractivity contribution in [2.24, 2.45) is 5.73 Å². The van der Waals surface area contributed by atoms with Crippen molar-refractivity contribution in [1.29, 1.82) is 0 Å². The van der Waals surface area contributed by atoms with Crippen molar-refractivity contribution in [3.05, 3.63) is 98.3 Å². The highest BCUT2D eigenvalue weighted by molar-refractivity contribution is 5.98. The van der Waals surface area contributed by atoms with Gasteiger partial charge in [0.05, 0.1) is 6.04 Å². The predicted octanol–water partition coefficient (Wildman–Crippen LogP) is 1.36. The number of primary amides is 1. The van der Waals surface area contributed by atoms with Crippen molar-refractivity contribution in [1.82, 2.24) is 40.4 Å². The van der Waals surface area contributed by atoms with Gasteiger partial charge >= 0.3 is 5.76 Å². The summed E-state index contributed by atoms with van der Waals surface area (Å²) >= 11 is 0. The Kier molecular flexibility index (Phi) is 6.53. The summed E-state index contributed by atoms with van der Waals surface area (Å²) in [5.41, 5.74) is 8.68. The third kappa shape index (κ3) is 4.98. The zero-order valence-electron chi connectivity index (χ0n) is 22.0. The normalized spacial score (nSPS) is 14.1. The van der Waals surface area contributed by atoms with Gasteiger partial charge in [0.2, 0.25) is 5.82 Å². The second kappa shape index (κ2) is 10.3. The molecule has 0 aliphatic heterocycles. The van der Waals surface area contributed by atoms with Crippen LogP contribution in [0.1, 0.15) is 66.3 Å². The average molecular weight is 572 g/mol. The quantitative estimate of drug-likeness (QED) is 0.222. The lowest BCUT2D eigenvalue weighted by Crippen LogP contribution is -2.30. The molecular weight excluding hydrogens is 549 g/mol. The molecule has 0 spiro atoms. The molecule has 14 nitrogen and oxygen atoms in total. The first kappa shape index (κ1) is 26.5. The Bertz CT molecular complexity index is 1960. The lowest BCUT2D eigenvalue weighted by Gasteiger charge is -2.15.